The monoisotopic (exact) mass is 418 g/mol. The number of carbonyl (C=O) groups is 1. The molecule has 24 heavy (non-hydrogen) atoms. The minimum Gasteiger partial charge on any atom is -0.496 e. The maximum absolute atomic E-state index is 12.2. The van der Waals surface area contributed by atoms with Gasteiger partial charge in [-0.3, -0.25) is 10.1 Å². The van der Waals surface area contributed by atoms with Crippen molar-refractivity contribution in [3.63, 3.8) is 0 Å². The van der Waals surface area contributed by atoms with Gasteiger partial charge >= 0.3 is 0 Å². The average molecular weight is 419 g/mol. The third-order valence-electron chi connectivity index (χ3n) is 4.15. The fraction of sp³-hybridized carbons (Fsp3) is 0.562. The number of benzene rings is 1. The van der Waals surface area contributed by atoms with E-state index >= 15 is 0 Å². The SMILES string of the molecule is COc1ccc(C(C)NC(C)C(=O)NC2CCS(=O)(=O)C2)cc1Br. The molecule has 0 saturated carbocycles. The summed E-state index contributed by atoms with van der Waals surface area (Å²) in [4.78, 5) is 12.2. The number of nitrogens with one attached hydrogen (secondary N) is 2. The summed E-state index contributed by atoms with van der Waals surface area (Å²) in [5, 5.41) is 6.04. The minimum absolute atomic E-state index is 0.0342. The van der Waals surface area contributed by atoms with E-state index in [0.717, 1.165) is 15.8 Å². The van der Waals surface area contributed by atoms with E-state index in [0.29, 0.717) is 6.42 Å². The molecule has 1 aliphatic rings. The van der Waals surface area contributed by atoms with Gasteiger partial charge in [0.2, 0.25) is 5.91 Å². The first-order valence-corrected chi connectivity index (χ1v) is 10.4. The van der Waals surface area contributed by atoms with Crippen LogP contribution >= 0.6 is 15.9 Å². The quantitative estimate of drug-likeness (QED) is 0.735. The Hall–Kier alpha value is -1.12. The number of hydrogen-bond acceptors (Lipinski definition) is 5. The van der Waals surface area contributed by atoms with E-state index in [9.17, 15) is 13.2 Å². The van der Waals surface area contributed by atoms with Crippen LogP contribution in [0.2, 0.25) is 0 Å². The van der Waals surface area contributed by atoms with Crippen LogP contribution in [0.3, 0.4) is 0 Å². The molecule has 6 nitrogen and oxygen atoms in total. The Morgan fingerprint density at radius 3 is 2.62 bits per heavy atom. The van der Waals surface area contributed by atoms with Crippen LogP contribution in [0.25, 0.3) is 0 Å². The summed E-state index contributed by atoms with van der Waals surface area (Å²) in [5.74, 6) is 0.748. The number of amides is 1. The highest BCUT2D eigenvalue weighted by atomic mass is 79.9. The molecular formula is C16H23BrN2O4S. The van der Waals surface area contributed by atoms with E-state index in [1.807, 2.05) is 25.1 Å². The Morgan fingerprint density at radius 2 is 2.08 bits per heavy atom. The number of rotatable bonds is 6. The summed E-state index contributed by atoms with van der Waals surface area (Å²) in [6.07, 6.45) is 0.488. The summed E-state index contributed by atoms with van der Waals surface area (Å²) in [6.45, 7) is 3.74. The van der Waals surface area contributed by atoms with Crippen LogP contribution in [0.4, 0.5) is 0 Å². The topological polar surface area (TPSA) is 84.5 Å². The predicted octanol–water partition coefficient (Wildman–Crippen LogP) is 1.80. The number of sulfone groups is 1. The molecule has 1 aromatic carbocycles. The summed E-state index contributed by atoms with van der Waals surface area (Å²) in [5.41, 5.74) is 1.02. The first-order chi connectivity index (χ1) is 11.2. The van der Waals surface area contributed by atoms with Gasteiger partial charge in [0.25, 0.3) is 0 Å². The van der Waals surface area contributed by atoms with Crippen LogP contribution < -0.4 is 15.4 Å². The Labute approximate surface area is 151 Å². The van der Waals surface area contributed by atoms with Crippen molar-refractivity contribution in [1.82, 2.24) is 10.6 Å². The standard InChI is InChI=1S/C16H23BrN2O4S/c1-10(12-4-5-15(23-3)14(17)8-12)18-11(2)16(20)19-13-6-7-24(21,22)9-13/h4-5,8,10-11,13,18H,6-7,9H2,1-3H3,(H,19,20). The first kappa shape index (κ1) is 19.2. The van der Waals surface area contributed by atoms with E-state index in [1.54, 1.807) is 14.0 Å². The second kappa shape index (κ2) is 7.84. The molecule has 1 aromatic rings. The lowest BCUT2D eigenvalue weighted by molar-refractivity contribution is -0.123. The molecule has 3 unspecified atom stereocenters. The molecule has 3 atom stereocenters. The van der Waals surface area contributed by atoms with Gasteiger partial charge < -0.3 is 10.1 Å². The van der Waals surface area contributed by atoms with Crippen LogP contribution in [0.15, 0.2) is 22.7 Å². The van der Waals surface area contributed by atoms with Crippen LogP contribution in [0.5, 0.6) is 5.75 Å². The van der Waals surface area contributed by atoms with Crippen molar-refractivity contribution in [2.45, 2.75) is 38.4 Å². The molecule has 2 rings (SSSR count). The molecule has 134 valence electrons. The number of halogens is 1. The van der Waals surface area contributed by atoms with E-state index in [-0.39, 0.29) is 29.5 Å². The summed E-state index contributed by atoms with van der Waals surface area (Å²) < 4.78 is 29.0. The van der Waals surface area contributed by atoms with Gasteiger partial charge in [-0.15, -0.1) is 0 Å². The molecule has 2 N–H and O–H groups in total. The summed E-state index contributed by atoms with van der Waals surface area (Å²) in [7, 11) is -1.39. The highest BCUT2D eigenvalue weighted by molar-refractivity contribution is 9.10. The fourth-order valence-corrected chi connectivity index (χ4v) is 4.97. The van der Waals surface area contributed by atoms with Crippen LogP contribution in [0.1, 0.15) is 31.9 Å². The van der Waals surface area contributed by atoms with Gasteiger partial charge in [0.15, 0.2) is 9.84 Å². The number of carbonyl (C=O) groups excluding carboxylic acids is 1. The smallest absolute Gasteiger partial charge is 0.237 e. The van der Waals surface area contributed by atoms with Gasteiger partial charge in [-0.05, 0) is 53.9 Å². The van der Waals surface area contributed by atoms with Gasteiger partial charge in [-0.25, -0.2) is 8.42 Å². The maximum atomic E-state index is 12.2. The van der Waals surface area contributed by atoms with Crippen LogP contribution in [-0.2, 0) is 14.6 Å². The van der Waals surface area contributed by atoms with Crippen LogP contribution in [0, 0.1) is 0 Å². The maximum Gasteiger partial charge on any atom is 0.237 e. The van der Waals surface area contributed by atoms with Crippen molar-refractivity contribution in [2.75, 3.05) is 18.6 Å². The average Bonchev–Trinajstić information content (AvgIpc) is 2.85. The second-order valence-corrected chi connectivity index (χ2v) is 9.20. The highest BCUT2D eigenvalue weighted by Gasteiger charge is 2.30. The zero-order chi connectivity index (χ0) is 17.9. The Kier molecular flexibility index (Phi) is 6.28. The van der Waals surface area contributed by atoms with Crippen molar-refractivity contribution in [2.24, 2.45) is 0 Å². The van der Waals surface area contributed by atoms with Crippen molar-refractivity contribution in [3.8, 4) is 5.75 Å². The van der Waals surface area contributed by atoms with E-state index in [4.69, 9.17) is 4.74 Å². The zero-order valence-corrected chi connectivity index (χ0v) is 16.4. The molecule has 0 aromatic heterocycles. The zero-order valence-electron chi connectivity index (χ0n) is 14.0. The van der Waals surface area contributed by atoms with Gasteiger partial charge in [-0.1, -0.05) is 6.07 Å². The van der Waals surface area contributed by atoms with Gasteiger partial charge in [0.1, 0.15) is 5.75 Å². The number of hydrogen-bond donors (Lipinski definition) is 2. The lowest BCUT2D eigenvalue weighted by Crippen LogP contribution is -2.47. The minimum atomic E-state index is -3.00. The molecule has 1 fully saturated rings. The molecule has 8 heteroatoms. The molecule has 0 spiro atoms. The van der Waals surface area contributed by atoms with Crippen molar-refractivity contribution >= 4 is 31.7 Å². The normalized spacial score (nSPS) is 21.9. The van der Waals surface area contributed by atoms with Crippen molar-refractivity contribution < 1.29 is 17.9 Å². The molecule has 1 heterocycles. The largest absolute Gasteiger partial charge is 0.496 e. The molecule has 0 aliphatic carbocycles. The van der Waals surface area contributed by atoms with Crippen molar-refractivity contribution in [3.05, 3.63) is 28.2 Å². The van der Waals surface area contributed by atoms with E-state index < -0.39 is 15.9 Å². The Morgan fingerprint density at radius 1 is 1.38 bits per heavy atom. The highest BCUT2D eigenvalue weighted by Crippen LogP contribution is 2.28. The third kappa shape index (κ3) is 4.94. The molecule has 1 aliphatic heterocycles. The van der Waals surface area contributed by atoms with E-state index in [2.05, 4.69) is 26.6 Å². The Balaban J connectivity index is 1.92. The van der Waals surface area contributed by atoms with Gasteiger partial charge in [-0.2, -0.15) is 0 Å². The number of methoxy groups -OCH3 is 1. The summed E-state index contributed by atoms with van der Waals surface area (Å²) in [6, 6.07) is 5.01. The van der Waals surface area contributed by atoms with Gasteiger partial charge in [0, 0.05) is 12.1 Å². The second-order valence-electron chi connectivity index (χ2n) is 6.11. The summed E-state index contributed by atoms with van der Waals surface area (Å²) >= 11 is 3.45. The molecule has 0 bridgehead atoms. The van der Waals surface area contributed by atoms with Gasteiger partial charge in [0.05, 0.1) is 29.1 Å². The fourth-order valence-electron chi connectivity index (χ4n) is 2.73. The molecule has 1 saturated heterocycles. The van der Waals surface area contributed by atoms with Crippen molar-refractivity contribution in [1.29, 1.82) is 0 Å². The number of ether oxygens (including phenoxy) is 1. The predicted molar refractivity (Wildman–Crippen MR) is 96.9 cm³/mol. The lowest BCUT2D eigenvalue weighted by atomic mass is 10.1. The van der Waals surface area contributed by atoms with Crippen LogP contribution in [-0.4, -0.2) is 45.0 Å². The molecule has 1 amide bonds. The van der Waals surface area contributed by atoms with E-state index in [1.165, 1.54) is 0 Å². The molecule has 0 radical (unpaired) electrons. The lowest BCUT2D eigenvalue weighted by Gasteiger charge is -2.22. The first-order valence-electron chi connectivity index (χ1n) is 7.82. The third-order valence-corrected chi connectivity index (χ3v) is 6.54. The molecular weight excluding hydrogens is 396 g/mol. The Bertz CT molecular complexity index is 708.